The van der Waals surface area contributed by atoms with E-state index in [1.165, 1.54) is 4.88 Å². The van der Waals surface area contributed by atoms with Crippen molar-refractivity contribution < 1.29 is 19.0 Å². The molecule has 2 aromatic heterocycles. The topological polar surface area (TPSA) is 114 Å². The average molecular weight is 454 g/mol. The second-order valence-electron chi connectivity index (χ2n) is 7.66. The van der Waals surface area contributed by atoms with Gasteiger partial charge in [0.1, 0.15) is 6.04 Å². The van der Waals surface area contributed by atoms with E-state index < -0.39 is 6.04 Å². The number of fused-ring (bicyclic) bond motifs is 1. The summed E-state index contributed by atoms with van der Waals surface area (Å²) in [4.78, 5) is 19.0. The Morgan fingerprint density at radius 2 is 1.91 bits per heavy atom. The summed E-state index contributed by atoms with van der Waals surface area (Å²) < 4.78 is 18.2. The first-order valence-electron chi connectivity index (χ1n) is 10.1. The van der Waals surface area contributed by atoms with E-state index >= 15 is 0 Å². The normalized spacial score (nSPS) is 19.8. The Balaban J connectivity index is 1.67. The number of ketones is 1. The molecule has 0 spiro atoms. The van der Waals surface area contributed by atoms with Gasteiger partial charge in [-0.1, -0.05) is 6.07 Å². The minimum Gasteiger partial charge on any atom is -0.493 e. The smallest absolute Gasteiger partial charge is 0.241 e. The van der Waals surface area contributed by atoms with Gasteiger partial charge in [0, 0.05) is 28.5 Å². The summed E-state index contributed by atoms with van der Waals surface area (Å²) in [6.45, 7) is 0. The molecule has 166 valence electrons. The Hall–Kier alpha value is -3.53. The third-order valence-electron chi connectivity index (χ3n) is 5.88. The van der Waals surface area contributed by atoms with Crippen LogP contribution in [0.3, 0.4) is 0 Å². The summed E-state index contributed by atoms with van der Waals surface area (Å²) in [5, 5.41) is 9.72. The summed E-state index contributed by atoms with van der Waals surface area (Å²) >= 11 is 1.67. The van der Waals surface area contributed by atoms with Gasteiger partial charge in [0.25, 0.3) is 0 Å². The summed E-state index contributed by atoms with van der Waals surface area (Å²) in [5.74, 6) is 2.30. The monoisotopic (exact) mass is 453 g/mol. The van der Waals surface area contributed by atoms with E-state index in [1.54, 1.807) is 37.3 Å². The predicted octanol–water partition coefficient (Wildman–Crippen LogP) is 3.36. The molecular formula is C22H23N5O4S. The van der Waals surface area contributed by atoms with Gasteiger partial charge in [0.15, 0.2) is 17.3 Å². The molecule has 3 heterocycles. The van der Waals surface area contributed by atoms with E-state index in [0.717, 1.165) is 11.3 Å². The van der Waals surface area contributed by atoms with Crippen LogP contribution in [-0.4, -0.2) is 41.9 Å². The number of Topliss-reactive ketones (excluding diaryl/α,β-unsaturated/α-hetero) is 1. The molecule has 0 fully saturated rings. The maximum absolute atomic E-state index is 13.5. The van der Waals surface area contributed by atoms with Crippen molar-refractivity contribution in [1.82, 2.24) is 14.8 Å². The highest BCUT2D eigenvalue weighted by atomic mass is 32.1. The van der Waals surface area contributed by atoms with Gasteiger partial charge in [0.05, 0.1) is 21.3 Å². The minimum atomic E-state index is -0.517. The molecule has 32 heavy (non-hydrogen) atoms. The predicted molar refractivity (Wildman–Crippen MR) is 121 cm³/mol. The number of hydrogen-bond donors (Lipinski definition) is 2. The summed E-state index contributed by atoms with van der Waals surface area (Å²) in [7, 11) is 4.67. The SMILES string of the molecule is COc1cc([C@@H]2C3=C(C[C@H](c4cccs4)CC3=O)Nc3nc(N)nn32)cc(OC)c1OC. The third-order valence-corrected chi connectivity index (χ3v) is 6.92. The lowest BCUT2D eigenvalue weighted by molar-refractivity contribution is -0.116. The van der Waals surface area contributed by atoms with Crippen LogP contribution in [0.1, 0.15) is 35.2 Å². The standard InChI is InChI=1S/C22H23N5O4S/c1-29-15-9-12(10-16(30-2)20(15)31-3)19-18-13(24-22-25-21(23)26-27(19)22)7-11(8-14(18)28)17-5-4-6-32-17/h4-6,9-11,19H,7-8H2,1-3H3,(H3,23,24,25,26)/t11-,19+/m0/s1. The molecule has 5 rings (SSSR count). The minimum absolute atomic E-state index is 0.0654. The van der Waals surface area contributed by atoms with Crippen LogP contribution < -0.4 is 25.3 Å². The van der Waals surface area contributed by atoms with Gasteiger partial charge in [0.2, 0.25) is 17.6 Å². The van der Waals surface area contributed by atoms with Crippen molar-refractivity contribution >= 4 is 29.0 Å². The molecule has 3 aromatic rings. The number of allylic oxidation sites excluding steroid dienone is 2. The number of hydrogen-bond acceptors (Lipinski definition) is 9. The molecule has 1 aliphatic carbocycles. The first-order chi connectivity index (χ1) is 15.5. The Kier molecular flexibility index (Phi) is 5.01. The van der Waals surface area contributed by atoms with Gasteiger partial charge in [-0.2, -0.15) is 4.98 Å². The number of anilines is 2. The van der Waals surface area contributed by atoms with Gasteiger partial charge in [-0.25, -0.2) is 4.68 Å². The number of rotatable bonds is 5. The highest BCUT2D eigenvalue weighted by Gasteiger charge is 2.40. The van der Waals surface area contributed by atoms with Crippen molar-refractivity contribution in [2.24, 2.45) is 0 Å². The maximum Gasteiger partial charge on any atom is 0.241 e. The first kappa shape index (κ1) is 20.4. The number of nitrogens with one attached hydrogen (secondary N) is 1. The lowest BCUT2D eigenvalue weighted by Crippen LogP contribution is -2.33. The molecule has 0 bridgehead atoms. The molecule has 0 amide bonds. The van der Waals surface area contributed by atoms with Crippen LogP contribution >= 0.6 is 11.3 Å². The number of ether oxygens (including phenoxy) is 3. The molecule has 3 N–H and O–H groups in total. The molecule has 1 aliphatic heterocycles. The van der Waals surface area contributed by atoms with Gasteiger partial charge in [-0.15, -0.1) is 16.4 Å². The fourth-order valence-corrected chi connectivity index (χ4v) is 5.35. The quantitative estimate of drug-likeness (QED) is 0.605. The molecule has 0 saturated heterocycles. The van der Waals surface area contributed by atoms with Crippen molar-refractivity contribution in [1.29, 1.82) is 0 Å². The van der Waals surface area contributed by atoms with Crippen molar-refractivity contribution in [3.05, 3.63) is 51.4 Å². The van der Waals surface area contributed by atoms with E-state index in [1.807, 2.05) is 23.6 Å². The zero-order valence-electron chi connectivity index (χ0n) is 17.9. The fraction of sp³-hybridized carbons (Fsp3) is 0.318. The Labute approximate surface area is 188 Å². The number of aromatic nitrogens is 3. The van der Waals surface area contributed by atoms with Crippen LogP contribution in [0.2, 0.25) is 0 Å². The van der Waals surface area contributed by atoms with E-state index in [4.69, 9.17) is 19.9 Å². The number of carbonyl (C=O) groups is 1. The number of methoxy groups -OCH3 is 3. The second-order valence-corrected chi connectivity index (χ2v) is 8.64. The molecule has 0 unspecified atom stereocenters. The number of benzene rings is 1. The lowest BCUT2D eigenvalue weighted by atomic mass is 9.80. The van der Waals surface area contributed by atoms with Crippen LogP contribution in [0, 0.1) is 0 Å². The van der Waals surface area contributed by atoms with Gasteiger partial charge in [-0.05, 0) is 35.6 Å². The third kappa shape index (κ3) is 3.18. The van der Waals surface area contributed by atoms with Gasteiger partial charge >= 0.3 is 0 Å². The molecule has 2 aliphatic rings. The fourth-order valence-electron chi connectivity index (χ4n) is 4.52. The molecule has 1 aromatic carbocycles. The van der Waals surface area contributed by atoms with E-state index in [2.05, 4.69) is 21.5 Å². The zero-order chi connectivity index (χ0) is 22.4. The lowest BCUT2D eigenvalue weighted by Gasteiger charge is -2.35. The molecule has 9 nitrogen and oxygen atoms in total. The molecule has 10 heteroatoms. The van der Waals surface area contributed by atoms with Crippen molar-refractivity contribution in [3.63, 3.8) is 0 Å². The largest absolute Gasteiger partial charge is 0.493 e. The second kappa shape index (κ2) is 7.86. The summed E-state index contributed by atoms with van der Waals surface area (Å²) in [6.07, 6.45) is 1.14. The number of nitrogen functional groups attached to an aromatic ring is 1. The van der Waals surface area contributed by atoms with Crippen LogP contribution in [0.5, 0.6) is 17.2 Å². The highest BCUT2D eigenvalue weighted by Crippen LogP contribution is 2.47. The highest BCUT2D eigenvalue weighted by molar-refractivity contribution is 7.10. The molecule has 0 radical (unpaired) electrons. The number of carbonyl (C=O) groups excluding carboxylic acids is 1. The van der Waals surface area contributed by atoms with Crippen molar-refractivity contribution in [2.75, 3.05) is 32.4 Å². The first-order valence-corrected chi connectivity index (χ1v) is 11.0. The molecular weight excluding hydrogens is 430 g/mol. The molecule has 0 saturated carbocycles. The molecule has 2 atom stereocenters. The van der Waals surface area contributed by atoms with Crippen molar-refractivity contribution in [3.8, 4) is 17.2 Å². The Morgan fingerprint density at radius 3 is 2.53 bits per heavy atom. The Bertz CT molecular complexity index is 1190. The zero-order valence-corrected chi connectivity index (χ0v) is 18.7. The van der Waals surface area contributed by atoms with Gasteiger partial charge < -0.3 is 25.3 Å². The number of nitrogens with zero attached hydrogens (tertiary/aromatic N) is 3. The number of thiophene rings is 1. The summed E-state index contributed by atoms with van der Waals surface area (Å²) in [5.41, 5.74) is 8.20. The number of nitrogens with two attached hydrogens (primary N) is 1. The van der Waals surface area contributed by atoms with Crippen LogP contribution in [-0.2, 0) is 4.79 Å². The van der Waals surface area contributed by atoms with Crippen LogP contribution in [0.25, 0.3) is 0 Å². The average Bonchev–Trinajstić information content (AvgIpc) is 3.45. The van der Waals surface area contributed by atoms with E-state index in [9.17, 15) is 4.79 Å². The summed E-state index contributed by atoms with van der Waals surface area (Å²) in [6, 6.07) is 7.24. The van der Waals surface area contributed by atoms with Crippen molar-refractivity contribution in [2.45, 2.75) is 24.8 Å². The maximum atomic E-state index is 13.5. The Morgan fingerprint density at radius 1 is 1.16 bits per heavy atom. The van der Waals surface area contributed by atoms with Crippen LogP contribution in [0.15, 0.2) is 40.9 Å². The van der Waals surface area contributed by atoms with E-state index in [0.29, 0.717) is 41.6 Å². The van der Waals surface area contributed by atoms with E-state index in [-0.39, 0.29) is 17.6 Å². The van der Waals surface area contributed by atoms with Gasteiger partial charge in [-0.3, -0.25) is 4.79 Å². The van der Waals surface area contributed by atoms with Crippen LogP contribution in [0.4, 0.5) is 11.9 Å².